The minimum absolute atomic E-state index is 0.146. The van der Waals surface area contributed by atoms with Gasteiger partial charge in [0.25, 0.3) is 5.91 Å². The van der Waals surface area contributed by atoms with Crippen LogP contribution in [0.3, 0.4) is 0 Å². The van der Waals surface area contributed by atoms with Gasteiger partial charge in [-0.1, -0.05) is 12.1 Å². The van der Waals surface area contributed by atoms with Gasteiger partial charge in [-0.2, -0.15) is 0 Å². The zero-order valence-corrected chi connectivity index (χ0v) is 20.7. The van der Waals surface area contributed by atoms with Gasteiger partial charge in [0.1, 0.15) is 5.75 Å². The third kappa shape index (κ3) is 5.06. The Bertz CT molecular complexity index is 1050. The number of hydrogen-bond acceptors (Lipinski definition) is 7. The lowest BCUT2D eigenvalue weighted by atomic mass is 9.79. The highest BCUT2D eigenvalue weighted by molar-refractivity contribution is 6.02. The Balaban J connectivity index is 1.70. The molecule has 2 heterocycles. The fourth-order valence-electron chi connectivity index (χ4n) is 4.82. The zero-order valence-electron chi connectivity index (χ0n) is 20.7. The van der Waals surface area contributed by atoms with Gasteiger partial charge in [-0.3, -0.25) is 14.5 Å². The van der Waals surface area contributed by atoms with Crippen LogP contribution in [0.4, 0.5) is 0 Å². The molecule has 0 spiro atoms. The van der Waals surface area contributed by atoms with Crippen molar-refractivity contribution in [2.24, 2.45) is 0 Å². The van der Waals surface area contributed by atoms with Crippen LogP contribution in [0.1, 0.15) is 33.4 Å². The molecule has 0 aliphatic carbocycles. The Morgan fingerprint density at radius 3 is 2.31 bits per heavy atom. The number of methoxy groups -OCH3 is 3. The van der Waals surface area contributed by atoms with E-state index in [1.54, 1.807) is 38.3 Å². The summed E-state index contributed by atoms with van der Waals surface area (Å²) in [5.74, 6) is 0.666. The fourth-order valence-corrected chi connectivity index (χ4v) is 4.82. The number of ether oxygens (including phenoxy) is 4. The second kappa shape index (κ2) is 11.0. The average Bonchev–Trinajstić information content (AvgIpc) is 2.90. The first-order chi connectivity index (χ1) is 17.0. The molecule has 2 aromatic carbocycles. The molecule has 0 radical (unpaired) electrons. The molecule has 1 N–H and O–H groups in total. The van der Waals surface area contributed by atoms with Crippen molar-refractivity contribution in [3.63, 3.8) is 0 Å². The van der Waals surface area contributed by atoms with E-state index in [2.05, 4.69) is 10.2 Å². The molecule has 0 saturated carbocycles. The van der Waals surface area contributed by atoms with Crippen molar-refractivity contribution in [3.8, 4) is 17.2 Å². The van der Waals surface area contributed by atoms with Crippen LogP contribution in [0, 0.1) is 0 Å². The summed E-state index contributed by atoms with van der Waals surface area (Å²) in [7, 11) is 6.40. The summed E-state index contributed by atoms with van der Waals surface area (Å²) in [6.45, 7) is 4.36. The number of carbonyl (C=O) groups excluding carboxylic acids is 2. The van der Waals surface area contributed by atoms with Crippen molar-refractivity contribution < 1.29 is 28.5 Å². The summed E-state index contributed by atoms with van der Waals surface area (Å²) in [6.07, 6.45) is 0. The number of fused-ring (bicyclic) bond motifs is 1. The van der Waals surface area contributed by atoms with E-state index < -0.39 is 12.0 Å². The highest BCUT2D eigenvalue weighted by Gasteiger charge is 2.43. The molecule has 0 bridgehead atoms. The van der Waals surface area contributed by atoms with Crippen LogP contribution >= 0.6 is 0 Å². The number of nitrogens with one attached hydrogen (secondary N) is 1. The van der Waals surface area contributed by atoms with Gasteiger partial charge in [0.15, 0.2) is 11.5 Å². The largest absolute Gasteiger partial charge is 0.497 e. The number of morpholine rings is 1. The molecule has 2 aliphatic heterocycles. The average molecular weight is 484 g/mol. The van der Waals surface area contributed by atoms with Crippen molar-refractivity contribution in [2.75, 3.05) is 67.8 Å². The van der Waals surface area contributed by atoms with Crippen molar-refractivity contribution in [2.45, 2.75) is 12.0 Å². The lowest BCUT2D eigenvalue weighted by Crippen LogP contribution is -2.47. The molecule has 4 rings (SSSR count). The second-order valence-corrected chi connectivity index (χ2v) is 8.65. The van der Waals surface area contributed by atoms with Crippen LogP contribution in [0.2, 0.25) is 0 Å². The van der Waals surface area contributed by atoms with E-state index in [1.165, 1.54) is 7.11 Å². The van der Waals surface area contributed by atoms with Gasteiger partial charge in [0.05, 0.1) is 46.5 Å². The van der Waals surface area contributed by atoms with Crippen molar-refractivity contribution in [3.05, 3.63) is 53.1 Å². The smallest absolute Gasteiger partial charge is 0.254 e. The van der Waals surface area contributed by atoms with Crippen LogP contribution in [-0.4, -0.2) is 89.4 Å². The van der Waals surface area contributed by atoms with Gasteiger partial charge < -0.3 is 29.2 Å². The van der Waals surface area contributed by atoms with Crippen molar-refractivity contribution >= 4 is 11.8 Å². The Hall–Kier alpha value is -3.30. The summed E-state index contributed by atoms with van der Waals surface area (Å²) in [5.41, 5.74) is 1.90. The molecule has 2 amide bonds. The quantitative estimate of drug-likeness (QED) is 0.615. The monoisotopic (exact) mass is 483 g/mol. The number of carbonyl (C=O) groups is 2. The van der Waals surface area contributed by atoms with Crippen LogP contribution in [-0.2, 0) is 9.53 Å². The second-order valence-electron chi connectivity index (χ2n) is 8.65. The maximum absolute atomic E-state index is 13.7. The van der Waals surface area contributed by atoms with Crippen LogP contribution in [0.5, 0.6) is 17.2 Å². The molecule has 2 unspecified atom stereocenters. The molecule has 9 heteroatoms. The summed E-state index contributed by atoms with van der Waals surface area (Å²) in [4.78, 5) is 31.1. The molecular formula is C26H33N3O6. The minimum Gasteiger partial charge on any atom is -0.497 e. The van der Waals surface area contributed by atoms with Crippen LogP contribution < -0.4 is 19.5 Å². The van der Waals surface area contributed by atoms with Gasteiger partial charge in [-0.05, 0) is 35.4 Å². The van der Waals surface area contributed by atoms with E-state index in [4.69, 9.17) is 18.9 Å². The Labute approximate surface area is 205 Å². The maximum atomic E-state index is 13.7. The third-order valence-corrected chi connectivity index (χ3v) is 6.75. The molecule has 9 nitrogen and oxygen atoms in total. The molecule has 35 heavy (non-hydrogen) atoms. The molecular weight excluding hydrogens is 450 g/mol. The first-order valence-corrected chi connectivity index (χ1v) is 11.7. The molecule has 1 fully saturated rings. The zero-order chi connectivity index (χ0) is 24.9. The highest BCUT2D eigenvalue weighted by atomic mass is 16.5. The van der Waals surface area contributed by atoms with E-state index in [0.717, 1.165) is 25.2 Å². The van der Waals surface area contributed by atoms with E-state index in [-0.39, 0.29) is 11.8 Å². The first-order valence-electron chi connectivity index (χ1n) is 11.7. The third-order valence-electron chi connectivity index (χ3n) is 6.75. The van der Waals surface area contributed by atoms with Crippen LogP contribution in [0.15, 0.2) is 36.4 Å². The van der Waals surface area contributed by atoms with E-state index in [1.807, 2.05) is 24.3 Å². The van der Waals surface area contributed by atoms with Crippen LogP contribution in [0.25, 0.3) is 0 Å². The summed E-state index contributed by atoms with van der Waals surface area (Å²) in [6, 6.07) is 10.4. The molecule has 2 aromatic rings. The highest BCUT2D eigenvalue weighted by Crippen LogP contribution is 2.45. The van der Waals surface area contributed by atoms with Gasteiger partial charge in [-0.25, -0.2) is 0 Å². The lowest BCUT2D eigenvalue weighted by Gasteiger charge is -2.40. The molecule has 2 aliphatic rings. The Morgan fingerprint density at radius 1 is 1.03 bits per heavy atom. The predicted molar refractivity (Wildman–Crippen MR) is 130 cm³/mol. The number of nitrogens with zero attached hydrogens (tertiary/aromatic N) is 2. The number of likely N-dealkylation sites (N-methyl/N-ethyl adjacent to an activating group) is 1. The topological polar surface area (TPSA) is 89.6 Å². The predicted octanol–water partition coefficient (Wildman–Crippen LogP) is 2.07. The van der Waals surface area contributed by atoms with E-state index >= 15 is 0 Å². The fraction of sp³-hybridized carbons (Fsp3) is 0.462. The van der Waals surface area contributed by atoms with Gasteiger partial charge in [-0.15, -0.1) is 0 Å². The van der Waals surface area contributed by atoms with Gasteiger partial charge in [0, 0.05) is 38.8 Å². The summed E-state index contributed by atoms with van der Waals surface area (Å²) >= 11 is 0. The normalized spacial score (nSPS) is 20.2. The number of benzene rings is 2. The lowest BCUT2D eigenvalue weighted by molar-refractivity contribution is -0.124. The van der Waals surface area contributed by atoms with E-state index in [9.17, 15) is 9.59 Å². The summed E-state index contributed by atoms with van der Waals surface area (Å²) in [5, 5.41) is 3.11. The van der Waals surface area contributed by atoms with Gasteiger partial charge >= 0.3 is 0 Å². The van der Waals surface area contributed by atoms with Crippen molar-refractivity contribution in [1.82, 2.24) is 15.1 Å². The Kier molecular flexibility index (Phi) is 7.77. The summed E-state index contributed by atoms with van der Waals surface area (Å²) < 4.78 is 21.6. The minimum atomic E-state index is -0.634. The number of amides is 2. The Morgan fingerprint density at radius 2 is 1.69 bits per heavy atom. The van der Waals surface area contributed by atoms with Crippen molar-refractivity contribution in [1.29, 1.82) is 0 Å². The molecule has 1 saturated heterocycles. The SMILES string of the molecule is COc1ccc(C2C(C(=O)NCCN3CCOCC3)c3cc(OC)c(OC)cc3C(=O)N2C)cc1. The number of hydrogen-bond donors (Lipinski definition) is 1. The first kappa shape index (κ1) is 24.8. The molecule has 0 aromatic heterocycles. The van der Waals surface area contributed by atoms with Gasteiger partial charge in [0.2, 0.25) is 5.91 Å². The molecule has 2 atom stereocenters. The number of rotatable bonds is 8. The molecule has 188 valence electrons. The standard InChI is InChI=1S/C26H33N3O6/c1-28-24(17-5-7-18(32-2)8-6-17)23(25(30)27-9-10-29-11-13-35-14-12-29)19-15-21(33-3)22(34-4)16-20(19)26(28)31/h5-8,15-16,23-24H,9-14H2,1-4H3,(H,27,30). The van der Waals surface area contributed by atoms with E-state index in [0.29, 0.717) is 48.1 Å². The maximum Gasteiger partial charge on any atom is 0.254 e.